The fraction of sp³-hybridized carbons (Fsp3) is 0.174. The minimum absolute atomic E-state index is 0.290. The second-order valence-electron chi connectivity index (χ2n) is 6.31. The van der Waals surface area contributed by atoms with Gasteiger partial charge in [-0.25, -0.2) is 4.79 Å². The number of hydrogen-bond donors (Lipinski definition) is 0. The fourth-order valence-electron chi connectivity index (χ4n) is 3.64. The van der Waals surface area contributed by atoms with Crippen molar-refractivity contribution < 1.29 is 4.42 Å². The molecule has 0 atom stereocenters. The van der Waals surface area contributed by atoms with Crippen LogP contribution in [0.4, 0.5) is 5.69 Å². The van der Waals surface area contributed by atoms with Gasteiger partial charge in [-0.2, -0.15) is 0 Å². The Balaban J connectivity index is 2.18. The maximum Gasteiger partial charge on any atom is 0.346 e. The molecule has 0 aliphatic heterocycles. The second-order valence-corrected chi connectivity index (χ2v) is 6.31. The Hall–Kier alpha value is -3.07. The smallest absolute Gasteiger partial charge is 0.346 e. The third-order valence-corrected chi connectivity index (χ3v) is 4.91. The highest BCUT2D eigenvalue weighted by atomic mass is 16.4. The van der Waals surface area contributed by atoms with Gasteiger partial charge in [0.2, 0.25) is 0 Å². The summed E-state index contributed by atoms with van der Waals surface area (Å²) in [5, 5.41) is 3.02. The standard InChI is InChI=1S/C23H21NO2/c1-3-24(4-2)21-19-15-14-16-10-8-9-13-18(16)22(19)26-23(25)20(21)17-11-6-5-7-12-17/h5-15H,3-4H2,1-2H3. The largest absolute Gasteiger partial charge is 0.421 e. The van der Waals surface area contributed by atoms with Crippen molar-refractivity contribution in [3.05, 3.63) is 77.2 Å². The average Bonchev–Trinajstić information content (AvgIpc) is 2.69. The molecular formula is C23H21NO2. The van der Waals surface area contributed by atoms with Gasteiger partial charge < -0.3 is 9.32 Å². The van der Waals surface area contributed by atoms with Gasteiger partial charge in [0.1, 0.15) is 5.58 Å². The molecule has 4 aromatic rings. The molecule has 3 aromatic carbocycles. The van der Waals surface area contributed by atoms with E-state index in [1.54, 1.807) is 0 Å². The number of anilines is 1. The van der Waals surface area contributed by atoms with E-state index in [2.05, 4.69) is 30.9 Å². The molecule has 0 fully saturated rings. The van der Waals surface area contributed by atoms with Crippen LogP contribution in [0.15, 0.2) is 75.9 Å². The zero-order valence-electron chi connectivity index (χ0n) is 15.0. The van der Waals surface area contributed by atoms with Crippen molar-refractivity contribution in [2.24, 2.45) is 0 Å². The molecule has 0 bridgehead atoms. The van der Waals surface area contributed by atoms with Crippen LogP contribution in [0, 0.1) is 0 Å². The van der Waals surface area contributed by atoms with Crippen molar-refractivity contribution in [2.75, 3.05) is 18.0 Å². The summed E-state index contributed by atoms with van der Waals surface area (Å²) < 4.78 is 5.86. The summed E-state index contributed by atoms with van der Waals surface area (Å²) in [6, 6.07) is 22.0. The minimum Gasteiger partial charge on any atom is -0.421 e. The van der Waals surface area contributed by atoms with Crippen LogP contribution in [0.1, 0.15) is 13.8 Å². The van der Waals surface area contributed by atoms with Crippen LogP contribution in [0.5, 0.6) is 0 Å². The topological polar surface area (TPSA) is 33.5 Å². The third kappa shape index (κ3) is 2.57. The molecule has 0 saturated carbocycles. The lowest BCUT2D eigenvalue weighted by Gasteiger charge is -2.25. The predicted octanol–water partition coefficient (Wildman–Crippen LogP) is 5.46. The van der Waals surface area contributed by atoms with E-state index in [0.29, 0.717) is 11.1 Å². The Morgan fingerprint density at radius 3 is 2.23 bits per heavy atom. The summed E-state index contributed by atoms with van der Waals surface area (Å²) in [4.78, 5) is 15.3. The van der Waals surface area contributed by atoms with E-state index >= 15 is 0 Å². The van der Waals surface area contributed by atoms with E-state index in [4.69, 9.17) is 4.42 Å². The maximum atomic E-state index is 13.0. The summed E-state index contributed by atoms with van der Waals surface area (Å²) in [5.74, 6) is 0. The van der Waals surface area contributed by atoms with E-state index in [-0.39, 0.29) is 5.63 Å². The van der Waals surface area contributed by atoms with Gasteiger partial charge in [0.15, 0.2) is 0 Å². The van der Waals surface area contributed by atoms with E-state index in [9.17, 15) is 4.79 Å². The first kappa shape index (κ1) is 16.4. The van der Waals surface area contributed by atoms with Gasteiger partial charge in [0.25, 0.3) is 0 Å². The van der Waals surface area contributed by atoms with Crippen LogP contribution in [-0.2, 0) is 0 Å². The fourth-order valence-corrected chi connectivity index (χ4v) is 3.64. The van der Waals surface area contributed by atoms with E-state index in [0.717, 1.165) is 40.5 Å². The Labute approximate surface area is 152 Å². The Morgan fingerprint density at radius 2 is 1.50 bits per heavy atom. The highest BCUT2D eigenvalue weighted by Gasteiger charge is 2.21. The Bertz CT molecular complexity index is 1130. The number of fused-ring (bicyclic) bond motifs is 3. The Kier molecular flexibility index (Phi) is 4.21. The van der Waals surface area contributed by atoms with Crippen molar-refractivity contribution >= 4 is 27.4 Å². The summed E-state index contributed by atoms with van der Waals surface area (Å²) in [6.45, 7) is 5.86. The molecule has 0 amide bonds. The lowest BCUT2D eigenvalue weighted by molar-refractivity contribution is 0.566. The molecule has 0 saturated heterocycles. The molecule has 0 N–H and O–H groups in total. The number of nitrogens with zero attached hydrogens (tertiary/aromatic N) is 1. The van der Waals surface area contributed by atoms with Crippen molar-refractivity contribution in [2.45, 2.75) is 13.8 Å². The van der Waals surface area contributed by atoms with Crippen LogP contribution in [0.25, 0.3) is 32.9 Å². The van der Waals surface area contributed by atoms with E-state index in [1.165, 1.54) is 0 Å². The third-order valence-electron chi connectivity index (χ3n) is 4.91. The quantitative estimate of drug-likeness (QED) is 0.364. The molecule has 0 radical (unpaired) electrons. The normalized spacial score (nSPS) is 11.2. The molecule has 1 heterocycles. The summed E-state index contributed by atoms with van der Waals surface area (Å²) >= 11 is 0. The first-order chi connectivity index (χ1) is 12.7. The number of benzene rings is 3. The van der Waals surface area contributed by atoms with Gasteiger partial charge >= 0.3 is 5.63 Å². The summed E-state index contributed by atoms with van der Waals surface area (Å²) in [5.41, 5.74) is 2.85. The van der Waals surface area contributed by atoms with Gasteiger partial charge in [-0.05, 0) is 30.9 Å². The van der Waals surface area contributed by atoms with Crippen LogP contribution in [-0.4, -0.2) is 13.1 Å². The molecule has 1 aromatic heterocycles. The molecule has 26 heavy (non-hydrogen) atoms. The van der Waals surface area contributed by atoms with Crippen LogP contribution >= 0.6 is 0 Å². The lowest BCUT2D eigenvalue weighted by Crippen LogP contribution is -2.25. The van der Waals surface area contributed by atoms with Crippen molar-refractivity contribution in [1.29, 1.82) is 0 Å². The molecule has 0 aliphatic carbocycles. The predicted molar refractivity (Wildman–Crippen MR) is 109 cm³/mol. The van der Waals surface area contributed by atoms with Gasteiger partial charge in [-0.1, -0.05) is 60.7 Å². The summed E-state index contributed by atoms with van der Waals surface area (Å²) in [6.07, 6.45) is 0. The minimum atomic E-state index is -0.290. The molecule has 0 spiro atoms. The molecular weight excluding hydrogens is 322 g/mol. The first-order valence-corrected chi connectivity index (χ1v) is 9.03. The van der Waals surface area contributed by atoms with E-state index in [1.807, 2.05) is 54.6 Å². The first-order valence-electron chi connectivity index (χ1n) is 9.03. The molecule has 4 rings (SSSR count). The van der Waals surface area contributed by atoms with Crippen LogP contribution in [0.3, 0.4) is 0 Å². The zero-order valence-corrected chi connectivity index (χ0v) is 15.0. The van der Waals surface area contributed by atoms with Crippen molar-refractivity contribution in [1.82, 2.24) is 0 Å². The van der Waals surface area contributed by atoms with Gasteiger partial charge in [-0.3, -0.25) is 0 Å². The van der Waals surface area contributed by atoms with Crippen LogP contribution in [0.2, 0.25) is 0 Å². The SMILES string of the molecule is CCN(CC)c1c(-c2ccccc2)c(=O)oc2c1ccc1ccccc12. The molecule has 130 valence electrons. The monoisotopic (exact) mass is 343 g/mol. The Morgan fingerprint density at radius 1 is 0.808 bits per heavy atom. The molecule has 0 unspecified atom stereocenters. The maximum absolute atomic E-state index is 13.0. The van der Waals surface area contributed by atoms with E-state index < -0.39 is 0 Å². The molecule has 3 nitrogen and oxygen atoms in total. The number of rotatable bonds is 4. The second kappa shape index (κ2) is 6.68. The molecule has 3 heteroatoms. The zero-order chi connectivity index (χ0) is 18.1. The van der Waals surface area contributed by atoms with Gasteiger partial charge in [0.05, 0.1) is 11.3 Å². The summed E-state index contributed by atoms with van der Waals surface area (Å²) in [7, 11) is 0. The lowest BCUT2D eigenvalue weighted by atomic mass is 9.99. The van der Waals surface area contributed by atoms with Crippen LogP contribution < -0.4 is 10.5 Å². The van der Waals surface area contributed by atoms with Gasteiger partial charge in [0, 0.05) is 23.9 Å². The number of hydrogen-bond acceptors (Lipinski definition) is 3. The highest BCUT2D eigenvalue weighted by molar-refractivity contribution is 6.10. The van der Waals surface area contributed by atoms with Crippen molar-refractivity contribution in [3.8, 4) is 11.1 Å². The van der Waals surface area contributed by atoms with Crippen molar-refractivity contribution in [3.63, 3.8) is 0 Å². The molecule has 0 aliphatic rings. The van der Waals surface area contributed by atoms with Gasteiger partial charge in [-0.15, -0.1) is 0 Å². The highest BCUT2D eigenvalue weighted by Crippen LogP contribution is 2.37. The average molecular weight is 343 g/mol.